The van der Waals surface area contributed by atoms with Crippen LogP contribution in [0.15, 0.2) is 84.4 Å². The van der Waals surface area contributed by atoms with Gasteiger partial charge in [-0.25, -0.2) is 9.59 Å². The van der Waals surface area contributed by atoms with E-state index in [-0.39, 0.29) is 16.8 Å². The zero-order chi connectivity index (χ0) is 22.9. The van der Waals surface area contributed by atoms with E-state index in [1.165, 1.54) is 25.3 Å². The van der Waals surface area contributed by atoms with Crippen molar-refractivity contribution in [2.24, 2.45) is 0 Å². The highest BCUT2D eigenvalue weighted by Crippen LogP contribution is 2.19. The van der Waals surface area contributed by atoms with Crippen LogP contribution in [0.2, 0.25) is 0 Å². The number of anilines is 1. The molecule has 32 heavy (non-hydrogen) atoms. The van der Waals surface area contributed by atoms with Crippen LogP contribution in [-0.2, 0) is 9.53 Å². The molecule has 0 aliphatic heterocycles. The molecule has 0 heterocycles. The molecular formula is C25H18N2O5. The number of esters is 2. The summed E-state index contributed by atoms with van der Waals surface area (Å²) < 4.78 is 10.0. The number of para-hydroxylation sites is 1. The number of hydrogen-bond donors (Lipinski definition) is 1. The zero-order valence-corrected chi connectivity index (χ0v) is 17.1. The fraction of sp³-hybridized carbons (Fsp3) is 0.0400. The Balaban J connectivity index is 1.73. The Morgan fingerprint density at radius 1 is 0.875 bits per heavy atom. The molecule has 0 aliphatic carbocycles. The van der Waals surface area contributed by atoms with Crippen molar-refractivity contribution in [2.45, 2.75) is 0 Å². The van der Waals surface area contributed by atoms with Gasteiger partial charge in [0.05, 0.1) is 23.9 Å². The Bertz CT molecular complexity index is 1210. The van der Waals surface area contributed by atoms with E-state index in [0.29, 0.717) is 16.9 Å². The van der Waals surface area contributed by atoms with E-state index in [9.17, 15) is 19.6 Å². The Morgan fingerprint density at radius 3 is 2.19 bits per heavy atom. The number of benzene rings is 3. The van der Waals surface area contributed by atoms with Crippen LogP contribution in [0.25, 0.3) is 6.08 Å². The van der Waals surface area contributed by atoms with Gasteiger partial charge in [0.15, 0.2) is 0 Å². The van der Waals surface area contributed by atoms with Crippen LogP contribution in [0, 0.1) is 11.3 Å². The van der Waals surface area contributed by atoms with E-state index in [4.69, 9.17) is 9.47 Å². The predicted octanol–water partition coefficient (Wildman–Crippen LogP) is 4.24. The molecular weight excluding hydrogens is 408 g/mol. The van der Waals surface area contributed by atoms with Crippen molar-refractivity contribution in [3.8, 4) is 11.8 Å². The molecule has 3 rings (SSSR count). The van der Waals surface area contributed by atoms with Crippen molar-refractivity contribution in [1.82, 2.24) is 0 Å². The fourth-order valence-corrected chi connectivity index (χ4v) is 2.76. The summed E-state index contributed by atoms with van der Waals surface area (Å²) in [7, 11) is 1.24. The number of nitrogens with one attached hydrogen (secondary N) is 1. The first-order valence-electron chi connectivity index (χ1n) is 9.49. The molecule has 0 saturated heterocycles. The summed E-state index contributed by atoms with van der Waals surface area (Å²) in [6.07, 6.45) is 1.39. The van der Waals surface area contributed by atoms with E-state index < -0.39 is 17.8 Å². The van der Waals surface area contributed by atoms with Crippen LogP contribution in [0.5, 0.6) is 5.75 Å². The Kier molecular flexibility index (Phi) is 7.12. The maximum absolute atomic E-state index is 12.6. The molecule has 7 nitrogen and oxygen atoms in total. The van der Waals surface area contributed by atoms with Crippen molar-refractivity contribution in [2.75, 3.05) is 12.4 Å². The summed E-state index contributed by atoms with van der Waals surface area (Å²) in [5.74, 6) is -1.45. The highest BCUT2D eigenvalue weighted by atomic mass is 16.5. The lowest BCUT2D eigenvalue weighted by atomic mass is 10.1. The van der Waals surface area contributed by atoms with Gasteiger partial charge >= 0.3 is 11.9 Å². The number of carbonyl (C=O) groups is 3. The number of amides is 1. The highest BCUT2D eigenvalue weighted by Gasteiger charge is 2.16. The molecule has 1 N–H and O–H groups in total. The standard InChI is InChI=1S/C25H18N2O5/c1-31-25(30)21-9-5-6-10-22(21)27-23(28)19(16-26)15-17-11-13-20(14-12-17)32-24(29)18-7-3-2-4-8-18/h2-15H,1H3,(H,27,28)/b19-15+. The number of carbonyl (C=O) groups excluding carboxylic acids is 3. The Labute approximate surface area is 184 Å². The molecule has 0 saturated carbocycles. The number of hydrogen-bond acceptors (Lipinski definition) is 6. The van der Waals surface area contributed by atoms with Gasteiger partial charge in [-0.1, -0.05) is 42.5 Å². The van der Waals surface area contributed by atoms with E-state index in [2.05, 4.69) is 5.32 Å². The highest BCUT2D eigenvalue weighted by molar-refractivity contribution is 6.12. The first kappa shape index (κ1) is 22.0. The van der Waals surface area contributed by atoms with Crippen LogP contribution >= 0.6 is 0 Å². The van der Waals surface area contributed by atoms with E-state index >= 15 is 0 Å². The second-order valence-electron chi connectivity index (χ2n) is 6.49. The smallest absolute Gasteiger partial charge is 0.343 e. The summed E-state index contributed by atoms with van der Waals surface area (Å²) in [6.45, 7) is 0. The summed E-state index contributed by atoms with van der Waals surface area (Å²) in [5.41, 5.74) is 1.21. The van der Waals surface area contributed by atoms with Crippen LogP contribution in [0.1, 0.15) is 26.3 Å². The third-order valence-electron chi connectivity index (χ3n) is 4.36. The quantitative estimate of drug-likeness (QED) is 0.274. The first-order valence-corrected chi connectivity index (χ1v) is 9.49. The topological polar surface area (TPSA) is 105 Å². The second kappa shape index (κ2) is 10.4. The average molecular weight is 426 g/mol. The van der Waals surface area contributed by atoms with Gasteiger partial charge < -0.3 is 14.8 Å². The molecule has 0 aromatic heterocycles. The summed E-state index contributed by atoms with van der Waals surface area (Å²) >= 11 is 0. The van der Waals surface area contributed by atoms with Crippen molar-refractivity contribution < 1.29 is 23.9 Å². The lowest BCUT2D eigenvalue weighted by Gasteiger charge is -2.09. The summed E-state index contributed by atoms with van der Waals surface area (Å²) in [6, 6.07) is 23.1. The molecule has 0 spiro atoms. The molecule has 0 fully saturated rings. The maximum Gasteiger partial charge on any atom is 0.343 e. The van der Waals surface area contributed by atoms with Gasteiger partial charge in [0.25, 0.3) is 5.91 Å². The molecule has 3 aromatic rings. The number of methoxy groups -OCH3 is 1. The SMILES string of the molecule is COC(=O)c1ccccc1NC(=O)/C(C#N)=C/c1ccc(OC(=O)c2ccccc2)cc1. The van der Waals surface area contributed by atoms with E-state index in [0.717, 1.165) is 0 Å². The summed E-state index contributed by atoms with van der Waals surface area (Å²) in [4.78, 5) is 36.5. The van der Waals surface area contributed by atoms with Crippen molar-refractivity contribution in [1.29, 1.82) is 5.26 Å². The molecule has 0 bridgehead atoms. The molecule has 1 amide bonds. The third kappa shape index (κ3) is 5.46. The van der Waals surface area contributed by atoms with Gasteiger partial charge in [0.2, 0.25) is 0 Å². The minimum atomic E-state index is -0.677. The lowest BCUT2D eigenvalue weighted by Crippen LogP contribution is -2.16. The van der Waals surface area contributed by atoms with E-state index in [1.54, 1.807) is 66.7 Å². The zero-order valence-electron chi connectivity index (χ0n) is 17.1. The normalized spacial score (nSPS) is 10.6. The number of rotatable bonds is 6. The van der Waals surface area contributed by atoms with Gasteiger partial charge in [0.1, 0.15) is 17.4 Å². The second-order valence-corrected chi connectivity index (χ2v) is 6.49. The molecule has 0 atom stereocenters. The lowest BCUT2D eigenvalue weighted by molar-refractivity contribution is -0.112. The number of ether oxygens (including phenoxy) is 2. The number of nitriles is 1. The molecule has 0 aliphatic rings. The van der Waals surface area contributed by atoms with Crippen LogP contribution in [0.4, 0.5) is 5.69 Å². The van der Waals surface area contributed by atoms with Crippen molar-refractivity contribution in [3.63, 3.8) is 0 Å². The third-order valence-corrected chi connectivity index (χ3v) is 4.36. The maximum atomic E-state index is 12.6. The van der Waals surface area contributed by atoms with Crippen molar-refractivity contribution in [3.05, 3.63) is 101 Å². The van der Waals surface area contributed by atoms with E-state index in [1.807, 2.05) is 6.07 Å². The Morgan fingerprint density at radius 2 is 1.53 bits per heavy atom. The molecule has 0 unspecified atom stereocenters. The fourth-order valence-electron chi connectivity index (χ4n) is 2.76. The largest absolute Gasteiger partial charge is 0.465 e. The number of nitrogens with zero attached hydrogens (tertiary/aromatic N) is 1. The molecule has 7 heteroatoms. The first-order chi connectivity index (χ1) is 15.5. The summed E-state index contributed by atoms with van der Waals surface area (Å²) in [5, 5.41) is 12.0. The van der Waals surface area contributed by atoms with Gasteiger partial charge in [0, 0.05) is 0 Å². The predicted molar refractivity (Wildman–Crippen MR) is 118 cm³/mol. The van der Waals surface area contributed by atoms with Crippen LogP contribution in [-0.4, -0.2) is 25.0 Å². The van der Waals surface area contributed by atoms with Gasteiger partial charge in [-0.3, -0.25) is 4.79 Å². The molecule has 0 radical (unpaired) electrons. The van der Waals surface area contributed by atoms with Gasteiger partial charge in [-0.05, 0) is 48.0 Å². The molecule has 158 valence electrons. The Hall–Kier alpha value is -4.70. The molecule has 3 aromatic carbocycles. The monoisotopic (exact) mass is 426 g/mol. The van der Waals surface area contributed by atoms with Gasteiger partial charge in [-0.15, -0.1) is 0 Å². The van der Waals surface area contributed by atoms with Crippen LogP contribution < -0.4 is 10.1 Å². The van der Waals surface area contributed by atoms with Crippen LogP contribution in [0.3, 0.4) is 0 Å². The minimum absolute atomic E-state index is 0.168. The average Bonchev–Trinajstić information content (AvgIpc) is 2.83. The van der Waals surface area contributed by atoms with Gasteiger partial charge in [-0.2, -0.15) is 5.26 Å². The minimum Gasteiger partial charge on any atom is -0.465 e. The van der Waals surface area contributed by atoms with Crippen molar-refractivity contribution >= 4 is 29.6 Å².